The molecule has 0 unspecified atom stereocenters. The van der Waals surface area contributed by atoms with Crippen molar-refractivity contribution in [1.29, 1.82) is 0 Å². The van der Waals surface area contributed by atoms with E-state index in [1.54, 1.807) is 23.1 Å². The predicted molar refractivity (Wildman–Crippen MR) is 98.4 cm³/mol. The summed E-state index contributed by atoms with van der Waals surface area (Å²) in [6.07, 6.45) is 0. The number of aliphatic hydroxyl groups is 1. The number of fused-ring (bicyclic) bond motifs is 1. The number of carbonyl (C=O) groups excluding carboxylic acids is 1. The zero-order chi connectivity index (χ0) is 16.4. The summed E-state index contributed by atoms with van der Waals surface area (Å²) >= 11 is 7.12. The smallest absolute Gasteiger partial charge is 0.308 e. The molecule has 0 bridgehead atoms. The average Bonchev–Trinajstić information content (AvgIpc) is 2.84. The quantitative estimate of drug-likeness (QED) is 0.852. The van der Waals surface area contributed by atoms with Crippen LogP contribution in [0.4, 0.5) is 0 Å². The van der Waals surface area contributed by atoms with Crippen molar-refractivity contribution in [1.82, 2.24) is 14.4 Å². The Kier molecular flexibility index (Phi) is 6.65. The minimum absolute atomic E-state index is 0. The molecule has 6 nitrogen and oxygen atoms in total. The Morgan fingerprint density at radius 2 is 1.96 bits per heavy atom. The minimum Gasteiger partial charge on any atom is -0.395 e. The van der Waals surface area contributed by atoms with Crippen molar-refractivity contribution < 1.29 is 9.90 Å². The van der Waals surface area contributed by atoms with Gasteiger partial charge in [-0.25, -0.2) is 0 Å². The lowest BCUT2D eigenvalue weighted by atomic mass is 10.3. The summed E-state index contributed by atoms with van der Waals surface area (Å²) in [6, 6.07) is 5.27. The lowest BCUT2D eigenvalue weighted by Gasteiger charge is -2.34. The molecule has 3 rings (SSSR count). The van der Waals surface area contributed by atoms with E-state index in [2.05, 4.69) is 4.90 Å². The van der Waals surface area contributed by atoms with Crippen molar-refractivity contribution in [3.05, 3.63) is 32.9 Å². The van der Waals surface area contributed by atoms with Crippen LogP contribution in [0.1, 0.15) is 0 Å². The van der Waals surface area contributed by atoms with E-state index in [1.165, 1.54) is 4.57 Å². The van der Waals surface area contributed by atoms with Crippen LogP contribution in [-0.4, -0.2) is 64.7 Å². The number of hydrogen-bond acceptors (Lipinski definition) is 5. The van der Waals surface area contributed by atoms with Crippen LogP contribution < -0.4 is 4.87 Å². The third-order valence-corrected chi connectivity index (χ3v) is 5.26. The van der Waals surface area contributed by atoms with E-state index in [0.29, 0.717) is 30.2 Å². The normalized spacial score (nSPS) is 15.5. The molecule has 0 radical (unpaired) electrons. The Hall–Kier alpha value is -1.12. The topological polar surface area (TPSA) is 65.8 Å². The Morgan fingerprint density at radius 3 is 2.62 bits per heavy atom. The third-order valence-electron chi connectivity index (χ3n) is 4.06. The van der Waals surface area contributed by atoms with Gasteiger partial charge in [-0.2, -0.15) is 0 Å². The molecule has 1 fully saturated rings. The maximum absolute atomic E-state index is 12.5. The first kappa shape index (κ1) is 19.2. The van der Waals surface area contributed by atoms with E-state index in [0.717, 1.165) is 29.1 Å². The average molecular weight is 392 g/mol. The summed E-state index contributed by atoms with van der Waals surface area (Å²) in [5.41, 5.74) is 0.708. The number of aromatic nitrogens is 1. The number of thiazole rings is 1. The van der Waals surface area contributed by atoms with E-state index in [1.807, 2.05) is 0 Å². The van der Waals surface area contributed by atoms with Crippen LogP contribution in [0.2, 0.25) is 5.02 Å². The van der Waals surface area contributed by atoms with Gasteiger partial charge >= 0.3 is 4.87 Å². The molecule has 0 aliphatic carbocycles. The first-order valence-corrected chi connectivity index (χ1v) is 8.68. The van der Waals surface area contributed by atoms with Gasteiger partial charge in [0.05, 0.1) is 16.8 Å². The number of β-amino-alcohol motifs (C(OH)–C–C–N with tert-alkyl or cyclic N) is 1. The second-order valence-electron chi connectivity index (χ2n) is 5.51. The molecule has 0 atom stereocenters. The highest BCUT2D eigenvalue weighted by atomic mass is 35.5. The Balaban J connectivity index is 0.00000208. The summed E-state index contributed by atoms with van der Waals surface area (Å²) in [6.45, 7) is 3.54. The molecule has 0 spiro atoms. The molecule has 2 aromatic rings. The Bertz CT molecular complexity index is 769. The Morgan fingerprint density at radius 1 is 1.25 bits per heavy atom. The van der Waals surface area contributed by atoms with Gasteiger partial charge in [-0.05, 0) is 18.2 Å². The van der Waals surface area contributed by atoms with Crippen LogP contribution in [0.15, 0.2) is 23.0 Å². The molecule has 1 aromatic heterocycles. The maximum Gasteiger partial charge on any atom is 0.308 e. The lowest BCUT2D eigenvalue weighted by Crippen LogP contribution is -2.50. The first-order chi connectivity index (χ1) is 11.1. The van der Waals surface area contributed by atoms with Crippen molar-refractivity contribution in [2.45, 2.75) is 6.54 Å². The summed E-state index contributed by atoms with van der Waals surface area (Å²) in [4.78, 5) is 28.4. The van der Waals surface area contributed by atoms with Crippen LogP contribution in [0.5, 0.6) is 0 Å². The van der Waals surface area contributed by atoms with Gasteiger partial charge in [-0.3, -0.25) is 19.1 Å². The number of benzene rings is 1. The van der Waals surface area contributed by atoms with Crippen molar-refractivity contribution >= 4 is 51.5 Å². The van der Waals surface area contributed by atoms with Crippen LogP contribution in [0, 0.1) is 0 Å². The van der Waals surface area contributed by atoms with Gasteiger partial charge < -0.3 is 10.0 Å². The van der Waals surface area contributed by atoms with Crippen LogP contribution in [0.3, 0.4) is 0 Å². The van der Waals surface area contributed by atoms with Gasteiger partial charge in [0.2, 0.25) is 5.91 Å². The summed E-state index contributed by atoms with van der Waals surface area (Å²) in [5, 5.41) is 9.50. The number of halogens is 2. The SMILES string of the molecule is Cl.O=C(Cn1c(=O)sc2ccc(Cl)cc21)N1CCN(CCO)CC1. The molecule has 9 heteroatoms. The monoisotopic (exact) mass is 391 g/mol. The molecule has 132 valence electrons. The van der Waals surface area contributed by atoms with E-state index < -0.39 is 0 Å². The maximum atomic E-state index is 12.5. The highest BCUT2D eigenvalue weighted by Gasteiger charge is 2.22. The van der Waals surface area contributed by atoms with Crippen LogP contribution >= 0.6 is 35.3 Å². The van der Waals surface area contributed by atoms with E-state index in [9.17, 15) is 9.59 Å². The molecular weight excluding hydrogens is 373 g/mol. The third kappa shape index (κ3) is 4.10. The minimum atomic E-state index is -0.144. The highest BCUT2D eigenvalue weighted by Crippen LogP contribution is 2.21. The molecule has 1 aliphatic rings. The van der Waals surface area contributed by atoms with Gasteiger partial charge in [0.1, 0.15) is 6.54 Å². The zero-order valence-corrected chi connectivity index (χ0v) is 15.4. The molecule has 1 aliphatic heterocycles. The van der Waals surface area contributed by atoms with Crippen molar-refractivity contribution in [2.24, 2.45) is 0 Å². The Labute approximate surface area is 154 Å². The fourth-order valence-electron chi connectivity index (χ4n) is 2.78. The summed E-state index contributed by atoms with van der Waals surface area (Å²) < 4.78 is 2.33. The number of nitrogens with zero attached hydrogens (tertiary/aromatic N) is 3. The number of hydrogen-bond donors (Lipinski definition) is 1. The number of amides is 1. The summed E-state index contributed by atoms with van der Waals surface area (Å²) in [5.74, 6) is -0.0598. The number of rotatable bonds is 4. The molecule has 0 saturated carbocycles. The highest BCUT2D eigenvalue weighted by molar-refractivity contribution is 7.16. The zero-order valence-electron chi connectivity index (χ0n) is 13.0. The lowest BCUT2D eigenvalue weighted by molar-refractivity contribution is -0.133. The van der Waals surface area contributed by atoms with E-state index in [4.69, 9.17) is 16.7 Å². The molecule has 24 heavy (non-hydrogen) atoms. The van der Waals surface area contributed by atoms with Gasteiger partial charge in [0.25, 0.3) is 0 Å². The molecule has 1 N–H and O–H groups in total. The number of piperazine rings is 1. The predicted octanol–water partition coefficient (Wildman–Crippen LogP) is 1.27. The van der Waals surface area contributed by atoms with E-state index >= 15 is 0 Å². The standard InChI is InChI=1S/C15H18ClN3O3S.ClH/c16-11-1-2-13-12(9-11)19(15(22)23-13)10-14(21)18-5-3-17(4-6-18)7-8-20;/h1-2,9,20H,3-8,10H2;1H. The van der Waals surface area contributed by atoms with Crippen molar-refractivity contribution in [2.75, 3.05) is 39.3 Å². The summed E-state index contributed by atoms with van der Waals surface area (Å²) in [7, 11) is 0. The fourth-order valence-corrected chi connectivity index (χ4v) is 3.82. The van der Waals surface area contributed by atoms with Gasteiger partial charge in [0, 0.05) is 37.7 Å². The van der Waals surface area contributed by atoms with E-state index in [-0.39, 0.29) is 36.3 Å². The molecule has 1 amide bonds. The molecule has 1 aromatic carbocycles. The second kappa shape index (κ2) is 8.31. The molecule has 1 saturated heterocycles. The second-order valence-corrected chi connectivity index (χ2v) is 6.94. The van der Waals surface area contributed by atoms with Gasteiger partial charge in [-0.15, -0.1) is 12.4 Å². The number of carbonyl (C=O) groups is 1. The van der Waals surface area contributed by atoms with Crippen molar-refractivity contribution in [3.8, 4) is 0 Å². The number of aliphatic hydroxyl groups excluding tert-OH is 1. The fraction of sp³-hybridized carbons (Fsp3) is 0.467. The van der Waals surface area contributed by atoms with Crippen LogP contribution in [-0.2, 0) is 11.3 Å². The van der Waals surface area contributed by atoms with Gasteiger partial charge in [-0.1, -0.05) is 22.9 Å². The molecular formula is C15H19Cl2N3O3S. The van der Waals surface area contributed by atoms with Gasteiger partial charge in [0.15, 0.2) is 0 Å². The molecule has 2 heterocycles. The first-order valence-electron chi connectivity index (χ1n) is 7.48. The van der Waals surface area contributed by atoms with Crippen molar-refractivity contribution in [3.63, 3.8) is 0 Å². The van der Waals surface area contributed by atoms with Crippen LogP contribution in [0.25, 0.3) is 10.2 Å². The largest absolute Gasteiger partial charge is 0.395 e.